The van der Waals surface area contributed by atoms with E-state index in [1.54, 1.807) is 12.1 Å². The molecular formula is C14H16N2O7S2. The van der Waals surface area contributed by atoms with Gasteiger partial charge < -0.3 is 14.2 Å². The number of fused-ring (bicyclic) bond motifs is 1. The summed E-state index contributed by atoms with van der Waals surface area (Å²) in [4.78, 5) is 23.6. The van der Waals surface area contributed by atoms with Gasteiger partial charge >= 0.3 is 11.9 Å². The molecule has 0 radical (unpaired) electrons. The van der Waals surface area contributed by atoms with Crippen molar-refractivity contribution in [3.8, 4) is 5.75 Å². The normalized spacial score (nSPS) is 11.2. The number of esters is 2. The molecule has 2 N–H and O–H groups in total. The number of hydrogen-bond donors (Lipinski definition) is 1. The molecule has 0 fully saturated rings. The largest absolute Gasteiger partial charge is 0.494 e. The molecule has 0 bridgehead atoms. The maximum Gasteiger partial charge on any atom is 0.348 e. The van der Waals surface area contributed by atoms with Gasteiger partial charge in [-0.05, 0) is 17.5 Å². The highest BCUT2D eigenvalue weighted by molar-refractivity contribution is 7.90. The second-order valence-electron chi connectivity index (χ2n) is 4.79. The smallest absolute Gasteiger partial charge is 0.348 e. The van der Waals surface area contributed by atoms with E-state index in [0.717, 1.165) is 18.4 Å². The molecule has 0 aliphatic heterocycles. The SMILES string of the molecule is COC(=O)CN(c1cc2cc(C(=O)OC)sc2cc1OC)S(N)(=O)=O. The first-order valence-electron chi connectivity index (χ1n) is 6.78. The third-order valence-electron chi connectivity index (χ3n) is 3.28. The Morgan fingerprint density at radius 2 is 1.84 bits per heavy atom. The maximum absolute atomic E-state index is 11.9. The van der Waals surface area contributed by atoms with Gasteiger partial charge in [-0.25, -0.2) is 14.2 Å². The van der Waals surface area contributed by atoms with E-state index in [9.17, 15) is 18.0 Å². The number of carbonyl (C=O) groups is 2. The zero-order valence-corrected chi connectivity index (χ0v) is 15.3. The second kappa shape index (κ2) is 7.25. The highest BCUT2D eigenvalue weighted by Crippen LogP contribution is 2.38. The minimum absolute atomic E-state index is 0.0529. The highest BCUT2D eigenvalue weighted by atomic mass is 32.2. The van der Waals surface area contributed by atoms with Crippen LogP contribution in [0.15, 0.2) is 18.2 Å². The third kappa shape index (κ3) is 4.00. The minimum atomic E-state index is -4.27. The first-order chi connectivity index (χ1) is 11.7. The Hall–Kier alpha value is -2.37. The van der Waals surface area contributed by atoms with Gasteiger partial charge in [0.25, 0.3) is 10.2 Å². The molecule has 0 saturated carbocycles. The van der Waals surface area contributed by atoms with E-state index in [0.29, 0.717) is 19.3 Å². The van der Waals surface area contributed by atoms with Gasteiger partial charge in [0.15, 0.2) is 0 Å². The number of benzene rings is 1. The van der Waals surface area contributed by atoms with Gasteiger partial charge in [0, 0.05) is 10.8 Å². The Morgan fingerprint density at radius 3 is 2.36 bits per heavy atom. The Labute approximate surface area is 148 Å². The Balaban J connectivity index is 2.64. The van der Waals surface area contributed by atoms with Gasteiger partial charge in [0.05, 0.1) is 27.0 Å². The molecule has 0 amide bonds. The van der Waals surface area contributed by atoms with E-state index in [1.807, 2.05) is 0 Å². The van der Waals surface area contributed by atoms with Crippen LogP contribution in [-0.4, -0.2) is 48.2 Å². The van der Waals surface area contributed by atoms with Crippen LogP contribution >= 0.6 is 11.3 Å². The molecule has 0 atom stereocenters. The fourth-order valence-corrected chi connectivity index (χ4v) is 3.80. The number of ether oxygens (including phenoxy) is 3. The number of hydrogen-bond acceptors (Lipinski definition) is 8. The van der Waals surface area contributed by atoms with Crippen LogP contribution in [0.3, 0.4) is 0 Å². The van der Waals surface area contributed by atoms with Crippen molar-refractivity contribution in [2.24, 2.45) is 5.14 Å². The zero-order chi connectivity index (χ0) is 18.8. The molecule has 0 unspecified atom stereocenters. The molecule has 136 valence electrons. The molecular weight excluding hydrogens is 372 g/mol. The summed E-state index contributed by atoms with van der Waals surface area (Å²) in [6.07, 6.45) is 0. The molecule has 0 aliphatic rings. The molecule has 9 nitrogen and oxygen atoms in total. The lowest BCUT2D eigenvalue weighted by molar-refractivity contribution is -0.138. The summed E-state index contributed by atoms with van der Waals surface area (Å²) in [5.41, 5.74) is 0.0529. The lowest BCUT2D eigenvalue weighted by Gasteiger charge is -2.22. The van der Waals surface area contributed by atoms with Crippen LogP contribution in [0.4, 0.5) is 5.69 Å². The van der Waals surface area contributed by atoms with Crippen molar-refractivity contribution in [3.63, 3.8) is 0 Å². The van der Waals surface area contributed by atoms with Crippen molar-refractivity contribution < 1.29 is 32.2 Å². The quantitative estimate of drug-likeness (QED) is 0.728. The molecule has 1 heterocycles. The fraction of sp³-hybridized carbons (Fsp3) is 0.286. The fourth-order valence-electron chi connectivity index (χ4n) is 2.11. The molecule has 11 heteroatoms. The van der Waals surface area contributed by atoms with Crippen LogP contribution in [0.1, 0.15) is 9.67 Å². The van der Waals surface area contributed by atoms with E-state index >= 15 is 0 Å². The lowest BCUT2D eigenvalue weighted by atomic mass is 10.2. The molecule has 25 heavy (non-hydrogen) atoms. The molecule has 0 spiro atoms. The number of methoxy groups -OCH3 is 3. The number of nitrogens with two attached hydrogens (primary N) is 1. The Bertz CT molecular complexity index is 921. The topological polar surface area (TPSA) is 125 Å². The van der Waals surface area contributed by atoms with Crippen LogP contribution in [-0.2, 0) is 24.5 Å². The van der Waals surface area contributed by atoms with Crippen LogP contribution in [0, 0.1) is 0 Å². The van der Waals surface area contributed by atoms with Gasteiger partial charge in [-0.3, -0.25) is 4.79 Å². The van der Waals surface area contributed by atoms with Gasteiger partial charge in [0.1, 0.15) is 17.2 Å². The van der Waals surface area contributed by atoms with E-state index in [-0.39, 0.29) is 11.4 Å². The highest BCUT2D eigenvalue weighted by Gasteiger charge is 2.26. The lowest BCUT2D eigenvalue weighted by Crippen LogP contribution is -2.40. The van der Waals surface area contributed by atoms with E-state index in [2.05, 4.69) is 9.47 Å². The number of carbonyl (C=O) groups excluding carboxylic acids is 2. The monoisotopic (exact) mass is 388 g/mol. The van der Waals surface area contributed by atoms with Gasteiger partial charge in [0.2, 0.25) is 0 Å². The maximum atomic E-state index is 11.9. The summed E-state index contributed by atoms with van der Waals surface area (Å²) < 4.78 is 39.6. The second-order valence-corrected chi connectivity index (χ2v) is 7.35. The summed E-state index contributed by atoms with van der Waals surface area (Å²) in [6, 6.07) is 4.57. The summed E-state index contributed by atoms with van der Waals surface area (Å²) in [6.45, 7) is -0.620. The van der Waals surface area contributed by atoms with E-state index in [1.165, 1.54) is 20.3 Å². The Morgan fingerprint density at radius 1 is 1.16 bits per heavy atom. The van der Waals surface area contributed by atoms with Crippen LogP contribution in [0.25, 0.3) is 10.1 Å². The third-order valence-corrected chi connectivity index (χ3v) is 5.30. The van der Waals surface area contributed by atoms with Crippen molar-refractivity contribution in [1.29, 1.82) is 0 Å². The van der Waals surface area contributed by atoms with E-state index < -0.39 is 28.7 Å². The molecule has 1 aromatic heterocycles. The first-order valence-corrected chi connectivity index (χ1v) is 9.10. The standard InChI is InChI=1S/C14H16N2O7S2/c1-21-10-6-11-8(5-12(24-11)14(18)23-3)4-9(10)16(25(15,19)20)7-13(17)22-2/h4-6H,7H2,1-3H3,(H2,15,19,20). The predicted octanol–water partition coefficient (Wildman–Crippen LogP) is 0.879. The average Bonchev–Trinajstić information content (AvgIpc) is 2.99. The molecule has 0 saturated heterocycles. The summed E-state index contributed by atoms with van der Waals surface area (Å²) in [7, 11) is -0.536. The van der Waals surface area contributed by atoms with Crippen molar-refractivity contribution in [2.45, 2.75) is 0 Å². The summed E-state index contributed by atoms with van der Waals surface area (Å²) in [5, 5.41) is 5.79. The molecule has 1 aromatic carbocycles. The van der Waals surface area contributed by atoms with Crippen molar-refractivity contribution in [3.05, 3.63) is 23.1 Å². The van der Waals surface area contributed by atoms with Crippen LogP contribution in [0.2, 0.25) is 0 Å². The number of rotatable bonds is 6. The van der Waals surface area contributed by atoms with Crippen molar-refractivity contribution in [1.82, 2.24) is 0 Å². The number of thiophene rings is 1. The van der Waals surface area contributed by atoms with Crippen molar-refractivity contribution >= 4 is 49.3 Å². The predicted molar refractivity (Wildman–Crippen MR) is 92.2 cm³/mol. The van der Waals surface area contributed by atoms with Crippen molar-refractivity contribution in [2.75, 3.05) is 32.2 Å². The number of nitrogens with zero attached hydrogens (tertiary/aromatic N) is 1. The minimum Gasteiger partial charge on any atom is -0.494 e. The average molecular weight is 388 g/mol. The van der Waals surface area contributed by atoms with Crippen LogP contribution < -0.4 is 14.2 Å². The molecule has 0 aliphatic carbocycles. The van der Waals surface area contributed by atoms with Gasteiger partial charge in [-0.15, -0.1) is 11.3 Å². The molecule has 2 rings (SSSR count). The number of anilines is 1. The van der Waals surface area contributed by atoms with Crippen LogP contribution in [0.5, 0.6) is 5.75 Å². The van der Waals surface area contributed by atoms with Gasteiger partial charge in [-0.2, -0.15) is 8.42 Å². The summed E-state index contributed by atoms with van der Waals surface area (Å²) in [5.74, 6) is -1.14. The first kappa shape index (κ1) is 19.0. The summed E-state index contributed by atoms with van der Waals surface area (Å²) >= 11 is 1.16. The van der Waals surface area contributed by atoms with E-state index in [4.69, 9.17) is 9.88 Å². The van der Waals surface area contributed by atoms with Gasteiger partial charge in [-0.1, -0.05) is 0 Å². The Kier molecular flexibility index (Phi) is 5.50. The zero-order valence-electron chi connectivity index (χ0n) is 13.6. The molecule has 2 aromatic rings.